The van der Waals surface area contributed by atoms with E-state index in [9.17, 15) is 4.21 Å². The number of nitrogens with zero attached hydrogens (tertiary/aromatic N) is 1. The van der Waals surface area contributed by atoms with E-state index in [1.807, 2.05) is 30.0 Å². The third-order valence-corrected chi connectivity index (χ3v) is 3.86. The summed E-state index contributed by atoms with van der Waals surface area (Å²) < 4.78 is 11.2. The zero-order valence-electron chi connectivity index (χ0n) is 9.56. The maximum atomic E-state index is 11.2. The van der Waals surface area contributed by atoms with Crippen molar-refractivity contribution >= 4 is 16.6 Å². The van der Waals surface area contributed by atoms with E-state index in [1.54, 1.807) is 6.26 Å². The van der Waals surface area contributed by atoms with Crippen LogP contribution in [0.2, 0.25) is 0 Å². The first-order valence-corrected chi connectivity index (χ1v) is 7.06. The molecule has 1 aromatic rings. The van der Waals surface area contributed by atoms with Crippen molar-refractivity contribution in [2.24, 2.45) is 0 Å². The van der Waals surface area contributed by atoms with Gasteiger partial charge in [-0.05, 0) is 12.5 Å². The number of amidine groups is 1. The van der Waals surface area contributed by atoms with E-state index < -0.39 is 10.8 Å². The molecule has 2 atom stereocenters. The van der Waals surface area contributed by atoms with Gasteiger partial charge < -0.3 is 4.90 Å². The maximum Gasteiger partial charge on any atom is 0.128 e. The minimum atomic E-state index is -0.810. The van der Waals surface area contributed by atoms with Crippen LogP contribution in [-0.2, 0) is 17.3 Å². The fourth-order valence-electron chi connectivity index (χ4n) is 2.11. The van der Waals surface area contributed by atoms with Gasteiger partial charge in [-0.15, -0.1) is 0 Å². The van der Waals surface area contributed by atoms with Crippen LogP contribution in [0.3, 0.4) is 0 Å². The molecule has 86 valence electrons. The van der Waals surface area contributed by atoms with Gasteiger partial charge in [0.05, 0.1) is 0 Å². The summed E-state index contributed by atoms with van der Waals surface area (Å²) in [5.74, 6) is 1.18. The molecule has 0 amide bonds. The van der Waals surface area contributed by atoms with Crippen molar-refractivity contribution < 1.29 is 4.21 Å². The van der Waals surface area contributed by atoms with Crippen molar-refractivity contribution in [2.75, 3.05) is 12.0 Å². The van der Waals surface area contributed by atoms with E-state index >= 15 is 0 Å². The second-order valence-corrected chi connectivity index (χ2v) is 5.70. The third-order valence-electron chi connectivity index (χ3n) is 2.91. The topological polar surface area (TPSA) is 44.2 Å². The molecule has 2 rings (SSSR count). The molecule has 1 N–H and O–H groups in total. The summed E-state index contributed by atoms with van der Waals surface area (Å²) in [7, 11) is -0.810. The van der Waals surface area contributed by atoms with Crippen LogP contribution in [0, 0.1) is 5.41 Å². The van der Waals surface area contributed by atoms with E-state index in [4.69, 9.17) is 5.41 Å². The summed E-state index contributed by atoms with van der Waals surface area (Å²) in [6.45, 7) is 2.80. The van der Waals surface area contributed by atoms with Gasteiger partial charge in [0.15, 0.2) is 0 Å². The molecule has 1 aliphatic heterocycles. The number of fused-ring (bicyclic) bond motifs is 1. The Bertz CT molecular complexity index is 444. The summed E-state index contributed by atoms with van der Waals surface area (Å²) in [5.41, 5.74) is 2.21. The molecule has 16 heavy (non-hydrogen) atoms. The van der Waals surface area contributed by atoms with Crippen LogP contribution in [0.5, 0.6) is 0 Å². The standard InChI is InChI=1S/C12H16N2OS/c1-9(8-16(2)15)14-7-10-5-3-4-6-11(10)12(14)13/h3-6,9,13H,7-8H2,1-2H3. The Kier molecular flexibility index (Phi) is 3.10. The molecule has 2 unspecified atom stereocenters. The van der Waals surface area contributed by atoms with Gasteiger partial charge in [-0.2, -0.15) is 0 Å². The highest BCUT2D eigenvalue weighted by atomic mass is 32.2. The van der Waals surface area contributed by atoms with Crippen molar-refractivity contribution in [3.8, 4) is 0 Å². The lowest BCUT2D eigenvalue weighted by atomic mass is 10.1. The van der Waals surface area contributed by atoms with E-state index in [1.165, 1.54) is 5.56 Å². The van der Waals surface area contributed by atoms with Crippen LogP contribution in [0.1, 0.15) is 18.1 Å². The van der Waals surface area contributed by atoms with Gasteiger partial charge >= 0.3 is 0 Å². The average molecular weight is 236 g/mol. The van der Waals surface area contributed by atoms with E-state index in [-0.39, 0.29) is 6.04 Å². The zero-order chi connectivity index (χ0) is 11.7. The van der Waals surface area contributed by atoms with Gasteiger partial charge in [0.2, 0.25) is 0 Å². The molecular weight excluding hydrogens is 220 g/mol. The monoisotopic (exact) mass is 236 g/mol. The van der Waals surface area contributed by atoms with Gasteiger partial charge in [0.25, 0.3) is 0 Å². The normalized spacial score (nSPS) is 18.4. The van der Waals surface area contributed by atoms with Gasteiger partial charge in [0.1, 0.15) is 5.84 Å². The molecule has 0 fully saturated rings. The molecule has 0 spiro atoms. The molecule has 0 aromatic heterocycles. The van der Waals surface area contributed by atoms with E-state index in [0.29, 0.717) is 11.6 Å². The molecule has 3 nitrogen and oxygen atoms in total. The number of nitrogens with one attached hydrogen (secondary N) is 1. The van der Waals surface area contributed by atoms with Crippen molar-refractivity contribution in [2.45, 2.75) is 19.5 Å². The summed E-state index contributed by atoms with van der Waals surface area (Å²) in [4.78, 5) is 2.02. The van der Waals surface area contributed by atoms with Crippen molar-refractivity contribution in [3.05, 3.63) is 35.4 Å². The number of benzene rings is 1. The van der Waals surface area contributed by atoms with Gasteiger partial charge in [-0.1, -0.05) is 24.3 Å². The number of hydrogen-bond donors (Lipinski definition) is 1. The Morgan fingerprint density at radius 2 is 2.19 bits per heavy atom. The van der Waals surface area contributed by atoms with Gasteiger partial charge in [-0.3, -0.25) is 9.62 Å². The molecule has 0 saturated carbocycles. The SMILES string of the molecule is CC(CS(C)=O)N1Cc2ccccc2C1=N. The Morgan fingerprint density at radius 1 is 1.50 bits per heavy atom. The zero-order valence-corrected chi connectivity index (χ0v) is 10.4. The fraction of sp³-hybridized carbons (Fsp3) is 0.417. The van der Waals surface area contributed by atoms with E-state index in [2.05, 4.69) is 6.07 Å². The van der Waals surface area contributed by atoms with Crippen LogP contribution in [0.4, 0.5) is 0 Å². The average Bonchev–Trinajstić information content (AvgIpc) is 2.56. The Hall–Kier alpha value is -1.16. The summed E-state index contributed by atoms with van der Waals surface area (Å²) >= 11 is 0. The molecule has 0 bridgehead atoms. The lowest BCUT2D eigenvalue weighted by Crippen LogP contribution is -2.36. The molecule has 1 aliphatic rings. The minimum absolute atomic E-state index is 0.158. The fourth-order valence-corrected chi connectivity index (χ4v) is 2.97. The van der Waals surface area contributed by atoms with Crippen LogP contribution in [0.25, 0.3) is 0 Å². The smallest absolute Gasteiger partial charge is 0.128 e. The predicted octanol–water partition coefficient (Wildman–Crippen LogP) is 1.59. The Morgan fingerprint density at radius 3 is 2.81 bits per heavy atom. The predicted molar refractivity (Wildman–Crippen MR) is 67.2 cm³/mol. The minimum Gasteiger partial charge on any atom is -0.349 e. The molecule has 0 saturated heterocycles. The van der Waals surface area contributed by atoms with E-state index in [0.717, 1.165) is 12.1 Å². The van der Waals surface area contributed by atoms with Crippen LogP contribution in [0.15, 0.2) is 24.3 Å². The highest BCUT2D eigenvalue weighted by Crippen LogP contribution is 2.24. The van der Waals surface area contributed by atoms with Gasteiger partial charge in [-0.25, -0.2) is 0 Å². The Balaban J connectivity index is 2.18. The highest BCUT2D eigenvalue weighted by Gasteiger charge is 2.27. The first-order valence-electron chi connectivity index (χ1n) is 5.33. The second-order valence-electron chi connectivity index (χ2n) is 4.22. The van der Waals surface area contributed by atoms with Crippen molar-refractivity contribution in [1.82, 2.24) is 4.90 Å². The largest absolute Gasteiger partial charge is 0.349 e. The second kappa shape index (κ2) is 4.37. The first-order chi connectivity index (χ1) is 7.59. The summed E-state index contributed by atoms with van der Waals surface area (Å²) in [5, 5.41) is 8.09. The maximum absolute atomic E-state index is 11.2. The molecule has 0 radical (unpaired) electrons. The molecule has 0 aliphatic carbocycles. The molecule has 1 heterocycles. The van der Waals surface area contributed by atoms with Gasteiger partial charge in [0, 0.05) is 41.0 Å². The van der Waals surface area contributed by atoms with Crippen LogP contribution >= 0.6 is 0 Å². The van der Waals surface area contributed by atoms with Crippen LogP contribution in [-0.4, -0.2) is 33.0 Å². The molecular formula is C12H16N2OS. The highest BCUT2D eigenvalue weighted by molar-refractivity contribution is 7.84. The lowest BCUT2D eigenvalue weighted by Gasteiger charge is -2.25. The van der Waals surface area contributed by atoms with Crippen molar-refractivity contribution in [1.29, 1.82) is 5.41 Å². The third kappa shape index (κ3) is 2.02. The first kappa shape index (κ1) is 11.3. The summed E-state index contributed by atoms with van der Waals surface area (Å²) in [6.07, 6.45) is 1.71. The summed E-state index contributed by atoms with van der Waals surface area (Å²) in [6, 6.07) is 8.15. The van der Waals surface area contributed by atoms with Crippen LogP contribution < -0.4 is 0 Å². The number of rotatable bonds is 3. The Labute approximate surface area is 98.4 Å². The quantitative estimate of drug-likeness (QED) is 0.866. The molecule has 1 aromatic carbocycles. The molecule has 4 heteroatoms. The lowest BCUT2D eigenvalue weighted by molar-refractivity contribution is 0.358. The number of hydrogen-bond acceptors (Lipinski definition) is 2. The van der Waals surface area contributed by atoms with Crippen molar-refractivity contribution in [3.63, 3.8) is 0 Å².